The third-order valence-electron chi connectivity index (χ3n) is 2.85. The molecule has 12 nitrogen and oxygen atoms in total. The quantitative estimate of drug-likeness (QED) is 0.342. The number of ether oxygens (including phenoxy) is 1. The van der Waals surface area contributed by atoms with E-state index in [4.69, 9.17) is 10.6 Å². The summed E-state index contributed by atoms with van der Waals surface area (Å²) in [6.07, 6.45) is 2.79. The highest BCUT2D eigenvalue weighted by Crippen LogP contribution is 2.27. The highest BCUT2D eigenvalue weighted by atomic mass is 16.6. The number of hydrogen-bond donors (Lipinski definition) is 2. The lowest BCUT2D eigenvalue weighted by molar-refractivity contribution is -0.638. The van der Waals surface area contributed by atoms with Gasteiger partial charge < -0.3 is 9.84 Å². The van der Waals surface area contributed by atoms with Gasteiger partial charge in [-0.05, 0) is 26.5 Å². The smallest absolute Gasteiger partial charge is 0.412 e. The van der Waals surface area contributed by atoms with Gasteiger partial charge in [0, 0.05) is 18.2 Å². The molecule has 1 aromatic carbocycles. The molecular formula is C16H19N5O7. The predicted molar refractivity (Wildman–Crippen MR) is 95.8 cm³/mol. The van der Waals surface area contributed by atoms with Gasteiger partial charge in [-0.2, -0.15) is 0 Å². The second-order valence-corrected chi connectivity index (χ2v) is 6.33. The summed E-state index contributed by atoms with van der Waals surface area (Å²) in [6, 6.07) is 5.74. The average molecular weight is 393 g/mol. The van der Waals surface area contributed by atoms with E-state index in [1.54, 1.807) is 24.5 Å². The first-order valence-corrected chi connectivity index (χ1v) is 7.75. The SMILES string of the molecule is CC(C)(C)OC(=O)Nc1cc[n+](N)cc1.O=[N+]([O-])c1ccc([O-])c([N+](=O)[O-])c1. The van der Waals surface area contributed by atoms with Crippen molar-refractivity contribution >= 4 is 23.2 Å². The second-order valence-electron chi connectivity index (χ2n) is 6.33. The molecule has 0 saturated carbocycles. The van der Waals surface area contributed by atoms with Gasteiger partial charge >= 0.3 is 6.09 Å². The molecule has 0 atom stereocenters. The molecule has 28 heavy (non-hydrogen) atoms. The van der Waals surface area contributed by atoms with Crippen LogP contribution < -0.4 is 20.9 Å². The van der Waals surface area contributed by atoms with E-state index in [1.165, 1.54) is 4.68 Å². The molecule has 0 aliphatic heterocycles. The van der Waals surface area contributed by atoms with Crippen molar-refractivity contribution in [3.05, 3.63) is 63.0 Å². The van der Waals surface area contributed by atoms with Crippen LogP contribution in [0.5, 0.6) is 5.75 Å². The molecule has 0 bridgehead atoms. The highest BCUT2D eigenvalue weighted by molar-refractivity contribution is 5.84. The number of nitrogens with two attached hydrogens (primary N) is 1. The number of carbonyl (C=O) groups is 1. The molecule has 2 aromatic rings. The number of amides is 1. The first-order chi connectivity index (χ1) is 12.9. The van der Waals surface area contributed by atoms with Crippen molar-refractivity contribution in [1.29, 1.82) is 0 Å². The van der Waals surface area contributed by atoms with Crippen LogP contribution in [0.2, 0.25) is 0 Å². The van der Waals surface area contributed by atoms with E-state index in [9.17, 15) is 30.1 Å². The first kappa shape index (κ1) is 22.1. The summed E-state index contributed by atoms with van der Waals surface area (Å²) in [5, 5.41) is 33.7. The van der Waals surface area contributed by atoms with Crippen LogP contribution in [0.25, 0.3) is 0 Å². The van der Waals surface area contributed by atoms with E-state index in [1.807, 2.05) is 20.8 Å². The number of pyridine rings is 1. The van der Waals surface area contributed by atoms with Crippen LogP contribution in [0.1, 0.15) is 20.8 Å². The Morgan fingerprint density at radius 2 is 1.68 bits per heavy atom. The Balaban J connectivity index is 0.000000283. The van der Waals surface area contributed by atoms with E-state index in [2.05, 4.69) is 5.32 Å². The summed E-state index contributed by atoms with van der Waals surface area (Å²) < 4.78 is 6.47. The number of nitrogens with one attached hydrogen (secondary N) is 1. The minimum atomic E-state index is -0.949. The monoisotopic (exact) mass is 393 g/mol. The molecule has 0 fully saturated rings. The van der Waals surface area contributed by atoms with Gasteiger partial charge in [-0.25, -0.2) is 10.6 Å². The number of aromatic nitrogens is 1. The Kier molecular flexibility index (Phi) is 7.19. The van der Waals surface area contributed by atoms with Crippen LogP contribution in [-0.2, 0) is 4.74 Å². The number of nitrogens with zero attached hydrogens (tertiary/aromatic N) is 3. The Bertz CT molecular complexity index is 863. The van der Waals surface area contributed by atoms with Gasteiger partial charge in [0.2, 0.25) is 12.4 Å². The highest BCUT2D eigenvalue weighted by Gasteiger charge is 2.16. The molecule has 2 rings (SSSR count). The van der Waals surface area contributed by atoms with Crippen molar-refractivity contribution in [2.24, 2.45) is 0 Å². The van der Waals surface area contributed by atoms with Crippen molar-refractivity contribution < 1.29 is 29.2 Å². The molecule has 0 aliphatic carbocycles. The zero-order valence-corrected chi connectivity index (χ0v) is 15.3. The normalized spacial score (nSPS) is 10.2. The molecule has 0 saturated heterocycles. The standard InChI is InChI=1S/C10H15N3O2.C6H4N2O5/c1-10(2,3)15-9(14)12-8-4-6-13(11)7-5-8;9-6-2-1-4(7(10)11)3-5(6)8(12)13/h4-7H,11H2,1-3H3;1-3,9H. The number of non-ortho nitro benzene ring substituents is 1. The largest absolute Gasteiger partial charge is 0.868 e. The number of nitrogen functional groups attached to an aromatic ring is 1. The zero-order chi connectivity index (χ0) is 21.5. The van der Waals surface area contributed by atoms with Crippen molar-refractivity contribution in [3.63, 3.8) is 0 Å². The minimum Gasteiger partial charge on any atom is -0.868 e. The van der Waals surface area contributed by atoms with Crippen LogP contribution in [0.3, 0.4) is 0 Å². The topological polar surface area (TPSA) is 178 Å². The fraction of sp³-hybridized carbons (Fsp3) is 0.250. The Morgan fingerprint density at radius 1 is 1.11 bits per heavy atom. The maximum atomic E-state index is 11.3. The minimum absolute atomic E-state index is 0.466. The third kappa shape index (κ3) is 7.51. The lowest BCUT2D eigenvalue weighted by Gasteiger charge is -2.19. The molecule has 0 radical (unpaired) electrons. The molecule has 3 N–H and O–H groups in total. The van der Waals surface area contributed by atoms with E-state index in [-0.39, 0.29) is 0 Å². The number of benzene rings is 1. The molecule has 1 aromatic heterocycles. The van der Waals surface area contributed by atoms with Crippen LogP contribution in [0.4, 0.5) is 21.9 Å². The molecule has 1 amide bonds. The van der Waals surface area contributed by atoms with E-state index >= 15 is 0 Å². The first-order valence-electron chi connectivity index (χ1n) is 7.75. The molecular weight excluding hydrogens is 374 g/mol. The fourth-order valence-electron chi connectivity index (χ4n) is 1.70. The average Bonchev–Trinajstić information content (AvgIpc) is 2.55. The molecule has 12 heteroatoms. The van der Waals surface area contributed by atoms with Crippen LogP contribution in [0, 0.1) is 20.2 Å². The maximum absolute atomic E-state index is 11.3. The van der Waals surface area contributed by atoms with Crippen molar-refractivity contribution in [2.45, 2.75) is 26.4 Å². The van der Waals surface area contributed by atoms with Gasteiger partial charge in [-0.1, -0.05) is 10.7 Å². The van der Waals surface area contributed by atoms with Crippen LogP contribution in [0.15, 0.2) is 42.7 Å². The number of carbonyl (C=O) groups excluding carboxylic acids is 1. The van der Waals surface area contributed by atoms with E-state index < -0.39 is 38.7 Å². The molecule has 1 heterocycles. The summed E-state index contributed by atoms with van der Waals surface area (Å²) in [6.45, 7) is 5.43. The van der Waals surface area contributed by atoms with Crippen LogP contribution in [-0.4, -0.2) is 21.5 Å². The summed E-state index contributed by atoms with van der Waals surface area (Å²) >= 11 is 0. The fourth-order valence-corrected chi connectivity index (χ4v) is 1.70. The Morgan fingerprint density at radius 3 is 2.14 bits per heavy atom. The molecule has 150 valence electrons. The second kappa shape index (κ2) is 9.12. The zero-order valence-electron chi connectivity index (χ0n) is 15.3. The molecule has 0 spiro atoms. The van der Waals surface area contributed by atoms with Gasteiger partial charge in [0.1, 0.15) is 5.60 Å². The molecule has 0 unspecified atom stereocenters. The van der Waals surface area contributed by atoms with Crippen molar-refractivity contribution in [2.75, 3.05) is 11.2 Å². The summed E-state index contributed by atoms with van der Waals surface area (Å²) in [4.78, 5) is 29.9. The van der Waals surface area contributed by atoms with Gasteiger partial charge in [0.05, 0.1) is 21.6 Å². The summed E-state index contributed by atoms with van der Waals surface area (Å²) in [5.41, 5.74) is -1.10. The number of nitro groups is 2. The predicted octanol–water partition coefficient (Wildman–Crippen LogP) is 1.61. The number of anilines is 1. The van der Waals surface area contributed by atoms with Crippen LogP contribution >= 0.6 is 0 Å². The lowest BCUT2D eigenvalue weighted by Crippen LogP contribution is -2.43. The number of hydrogen-bond acceptors (Lipinski definition) is 8. The third-order valence-corrected chi connectivity index (χ3v) is 2.85. The number of rotatable bonds is 3. The van der Waals surface area contributed by atoms with Crippen molar-refractivity contribution in [1.82, 2.24) is 0 Å². The van der Waals surface area contributed by atoms with E-state index in [0.29, 0.717) is 11.8 Å². The Labute approximate surface area is 159 Å². The Hall–Kier alpha value is -3.96. The lowest BCUT2D eigenvalue weighted by atomic mass is 10.2. The summed E-state index contributed by atoms with van der Waals surface area (Å²) in [7, 11) is 0. The number of nitro benzene ring substituents is 2. The van der Waals surface area contributed by atoms with Gasteiger partial charge in [0.25, 0.3) is 11.4 Å². The van der Waals surface area contributed by atoms with Gasteiger partial charge in [-0.15, -0.1) is 0 Å². The van der Waals surface area contributed by atoms with E-state index in [0.717, 1.165) is 12.1 Å². The molecule has 0 aliphatic rings. The van der Waals surface area contributed by atoms with Gasteiger partial charge in [-0.3, -0.25) is 25.5 Å². The summed E-state index contributed by atoms with van der Waals surface area (Å²) in [5.74, 6) is 4.59. The van der Waals surface area contributed by atoms with Gasteiger partial charge in [0.15, 0.2) is 0 Å². The van der Waals surface area contributed by atoms with Crippen molar-refractivity contribution in [3.8, 4) is 5.75 Å². The maximum Gasteiger partial charge on any atom is 0.412 e.